The molecule has 0 aliphatic rings. The number of hydrogen-bond donors (Lipinski definition) is 2. The van der Waals surface area contributed by atoms with Gasteiger partial charge in [-0.25, -0.2) is 9.18 Å². The molecular weight excluding hydrogens is 357 g/mol. The second-order valence-electron chi connectivity index (χ2n) is 5.66. The van der Waals surface area contributed by atoms with Gasteiger partial charge < -0.3 is 15.6 Å². The number of fused-ring (bicyclic) bond motifs is 1. The van der Waals surface area contributed by atoms with Gasteiger partial charge in [-0.05, 0) is 43.2 Å². The number of carbonyl (C=O) groups is 1. The van der Waals surface area contributed by atoms with Crippen LogP contribution in [0.2, 0.25) is 0 Å². The minimum Gasteiger partial charge on any atom is -0.506 e. The molecule has 0 atom stereocenters. The third kappa shape index (κ3) is 2.92. The lowest BCUT2D eigenvalue weighted by molar-refractivity contribution is 0.0603. The topological polar surface area (TPSA) is 98.3 Å². The summed E-state index contributed by atoms with van der Waals surface area (Å²) in [5.41, 5.74) is 7.56. The zero-order valence-electron chi connectivity index (χ0n) is 14.3. The molecule has 3 rings (SSSR count). The summed E-state index contributed by atoms with van der Waals surface area (Å²) in [7, 11) is 1.23. The van der Waals surface area contributed by atoms with Crippen molar-refractivity contribution in [2.24, 2.45) is 0 Å². The molecule has 6 nitrogen and oxygen atoms in total. The number of esters is 1. The van der Waals surface area contributed by atoms with Crippen LogP contribution in [0.15, 0.2) is 34.1 Å². The van der Waals surface area contributed by atoms with Gasteiger partial charge >= 0.3 is 5.97 Å². The van der Waals surface area contributed by atoms with Crippen LogP contribution in [0.1, 0.15) is 21.5 Å². The van der Waals surface area contributed by atoms with Crippen molar-refractivity contribution in [2.45, 2.75) is 23.6 Å². The number of ether oxygens (including phenoxy) is 1. The minimum absolute atomic E-state index is 0.0230. The first kappa shape index (κ1) is 17.9. The molecule has 0 spiro atoms. The van der Waals surface area contributed by atoms with Crippen LogP contribution in [-0.2, 0) is 4.74 Å². The zero-order chi connectivity index (χ0) is 19.0. The summed E-state index contributed by atoms with van der Waals surface area (Å²) in [4.78, 5) is 13.2. The number of halogens is 1. The minimum atomic E-state index is -0.689. The summed E-state index contributed by atoms with van der Waals surface area (Å²) in [6.07, 6.45) is 0. The van der Waals surface area contributed by atoms with E-state index in [4.69, 9.17) is 10.5 Å². The number of phenolic OH excluding ortho intramolecular Hbond substituents is 1. The van der Waals surface area contributed by atoms with Crippen molar-refractivity contribution in [1.29, 1.82) is 0 Å². The Bertz CT molecular complexity index is 1040. The van der Waals surface area contributed by atoms with Crippen LogP contribution in [-0.4, -0.2) is 28.4 Å². The molecule has 134 valence electrons. The number of nitrogens with zero attached hydrogens (tertiary/aromatic N) is 2. The summed E-state index contributed by atoms with van der Waals surface area (Å²) >= 11 is 1.11. The third-order valence-corrected chi connectivity index (χ3v) is 5.21. The fourth-order valence-electron chi connectivity index (χ4n) is 2.63. The summed E-state index contributed by atoms with van der Waals surface area (Å²) in [6, 6.07) is 5.92. The van der Waals surface area contributed by atoms with E-state index >= 15 is 0 Å². The lowest BCUT2D eigenvalue weighted by atomic mass is 10.0. The lowest BCUT2D eigenvalue weighted by Gasteiger charge is -2.16. The molecule has 0 bridgehead atoms. The monoisotopic (exact) mass is 373 g/mol. The molecule has 1 aromatic heterocycles. The van der Waals surface area contributed by atoms with Crippen LogP contribution in [0.4, 0.5) is 10.2 Å². The summed E-state index contributed by atoms with van der Waals surface area (Å²) in [5.74, 6) is -1.23. The lowest BCUT2D eigenvalue weighted by Crippen LogP contribution is -2.11. The first-order valence-electron chi connectivity index (χ1n) is 7.64. The molecule has 0 saturated heterocycles. The maximum atomic E-state index is 13.6. The van der Waals surface area contributed by atoms with Crippen LogP contribution in [0, 0.1) is 19.7 Å². The van der Waals surface area contributed by atoms with Gasteiger partial charge in [0.2, 0.25) is 0 Å². The van der Waals surface area contributed by atoms with Crippen LogP contribution in [0.3, 0.4) is 0 Å². The molecule has 8 heteroatoms. The number of carbonyl (C=O) groups excluding carboxylic acids is 1. The Kier molecular flexibility index (Phi) is 4.69. The number of anilines is 1. The van der Waals surface area contributed by atoms with E-state index in [0.29, 0.717) is 31.8 Å². The SMILES string of the molecule is COC(=O)c1c(N)nnc2c(C)c(C)c(O)c(Sc3cccc(F)c3)c12. The van der Waals surface area contributed by atoms with Crippen molar-refractivity contribution in [1.82, 2.24) is 10.2 Å². The Morgan fingerprint density at radius 3 is 2.65 bits per heavy atom. The molecule has 0 fully saturated rings. The highest BCUT2D eigenvalue weighted by molar-refractivity contribution is 7.99. The normalized spacial score (nSPS) is 10.9. The van der Waals surface area contributed by atoms with Gasteiger partial charge in [0, 0.05) is 10.3 Å². The second kappa shape index (κ2) is 6.80. The van der Waals surface area contributed by atoms with Crippen LogP contribution < -0.4 is 5.73 Å². The van der Waals surface area contributed by atoms with Gasteiger partial charge in [0.05, 0.1) is 17.5 Å². The summed E-state index contributed by atoms with van der Waals surface area (Å²) in [6.45, 7) is 3.50. The van der Waals surface area contributed by atoms with Gasteiger partial charge in [0.25, 0.3) is 0 Å². The van der Waals surface area contributed by atoms with Gasteiger partial charge in [-0.2, -0.15) is 0 Å². The Hall–Kier alpha value is -2.87. The number of nitrogen functional groups attached to an aromatic ring is 1. The van der Waals surface area contributed by atoms with E-state index in [1.807, 2.05) is 0 Å². The van der Waals surface area contributed by atoms with E-state index in [1.165, 1.54) is 19.2 Å². The predicted molar refractivity (Wildman–Crippen MR) is 97.0 cm³/mol. The van der Waals surface area contributed by atoms with Crippen molar-refractivity contribution in [3.05, 3.63) is 46.8 Å². The maximum absolute atomic E-state index is 13.6. The highest BCUT2D eigenvalue weighted by atomic mass is 32.2. The summed E-state index contributed by atoms with van der Waals surface area (Å²) < 4.78 is 18.4. The summed E-state index contributed by atoms with van der Waals surface area (Å²) in [5, 5.41) is 19.0. The number of benzene rings is 2. The fraction of sp³-hybridized carbons (Fsp3) is 0.167. The van der Waals surface area contributed by atoms with Crippen molar-refractivity contribution in [3.8, 4) is 5.75 Å². The zero-order valence-corrected chi connectivity index (χ0v) is 15.1. The van der Waals surface area contributed by atoms with Crippen molar-refractivity contribution < 1.29 is 19.0 Å². The molecule has 26 heavy (non-hydrogen) atoms. The first-order chi connectivity index (χ1) is 12.3. The first-order valence-corrected chi connectivity index (χ1v) is 8.46. The number of aryl methyl sites for hydroxylation is 1. The Balaban J connectivity index is 2.39. The quantitative estimate of drug-likeness (QED) is 0.677. The molecule has 1 heterocycles. The number of aromatic hydroxyl groups is 1. The number of rotatable bonds is 3. The largest absolute Gasteiger partial charge is 0.506 e. The molecule has 0 aliphatic carbocycles. The van der Waals surface area contributed by atoms with E-state index in [-0.39, 0.29) is 17.1 Å². The van der Waals surface area contributed by atoms with E-state index in [9.17, 15) is 14.3 Å². The highest BCUT2D eigenvalue weighted by Crippen LogP contribution is 2.45. The van der Waals surface area contributed by atoms with E-state index in [2.05, 4.69) is 10.2 Å². The van der Waals surface area contributed by atoms with Gasteiger partial charge in [0.15, 0.2) is 5.82 Å². The molecular formula is C18H16FN3O3S. The van der Waals surface area contributed by atoms with Gasteiger partial charge in [-0.3, -0.25) is 0 Å². The molecule has 0 unspecified atom stereocenters. The Morgan fingerprint density at radius 2 is 2.00 bits per heavy atom. The standard InChI is InChI=1S/C18H16FN3O3S/c1-8-9(2)15(23)16(26-11-6-4-5-10(19)7-11)12-13(18(24)25-3)17(20)22-21-14(8)12/h4-7,23H,1-3H3,(H2,20,22). The number of aromatic nitrogens is 2. The smallest absolute Gasteiger partial charge is 0.342 e. The van der Waals surface area contributed by atoms with Crippen molar-refractivity contribution >= 4 is 34.5 Å². The Labute approximate surface area is 153 Å². The predicted octanol–water partition coefficient (Wildman–Crippen LogP) is 3.61. The maximum Gasteiger partial charge on any atom is 0.342 e. The second-order valence-corrected chi connectivity index (χ2v) is 6.75. The van der Waals surface area contributed by atoms with Crippen LogP contribution in [0.5, 0.6) is 5.75 Å². The number of methoxy groups -OCH3 is 1. The third-order valence-electron chi connectivity index (χ3n) is 4.12. The highest BCUT2D eigenvalue weighted by Gasteiger charge is 2.25. The van der Waals surface area contributed by atoms with E-state index in [0.717, 1.165) is 11.8 Å². The van der Waals surface area contributed by atoms with Gasteiger partial charge in [-0.1, -0.05) is 17.8 Å². The molecule has 0 radical (unpaired) electrons. The molecule has 2 aromatic carbocycles. The van der Waals surface area contributed by atoms with E-state index in [1.54, 1.807) is 26.0 Å². The Morgan fingerprint density at radius 1 is 1.27 bits per heavy atom. The van der Waals surface area contributed by atoms with Gasteiger partial charge in [0.1, 0.15) is 17.1 Å². The van der Waals surface area contributed by atoms with E-state index < -0.39 is 11.8 Å². The average molecular weight is 373 g/mol. The van der Waals surface area contributed by atoms with Crippen molar-refractivity contribution in [3.63, 3.8) is 0 Å². The van der Waals surface area contributed by atoms with Gasteiger partial charge in [-0.15, -0.1) is 10.2 Å². The fourth-order valence-corrected chi connectivity index (χ4v) is 3.74. The average Bonchev–Trinajstić information content (AvgIpc) is 2.62. The van der Waals surface area contributed by atoms with Crippen molar-refractivity contribution in [2.75, 3.05) is 12.8 Å². The number of nitrogens with two attached hydrogens (primary N) is 1. The number of phenols is 1. The molecule has 0 saturated carbocycles. The van der Waals surface area contributed by atoms with Crippen LogP contribution in [0.25, 0.3) is 10.9 Å². The molecule has 3 aromatic rings. The number of hydrogen-bond acceptors (Lipinski definition) is 7. The molecule has 3 N–H and O–H groups in total. The molecule has 0 amide bonds. The van der Waals surface area contributed by atoms with Crippen LogP contribution >= 0.6 is 11.8 Å². The molecule has 0 aliphatic heterocycles.